The molecule has 0 aliphatic heterocycles. The van der Waals surface area contributed by atoms with Crippen LogP contribution in [-0.2, 0) is 10.0 Å². The fraction of sp³-hybridized carbons (Fsp3) is 0.308. The number of halogens is 2. The topological polar surface area (TPSA) is 59.1 Å². The first kappa shape index (κ1) is 15.5. The molecule has 1 aliphatic carbocycles. The van der Waals surface area contributed by atoms with Crippen molar-refractivity contribution in [1.82, 2.24) is 4.98 Å². The maximum Gasteiger partial charge on any atom is 0.239 e. The molecule has 1 aliphatic rings. The molecular weight excluding hydrogens is 364 g/mol. The van der Waals surface area contributed by atoms with Gasteiger partial charge in [0.1, 0.15) is 5.25 Å². The Bertz CT molecular complexity index is 686. The van der Waals surface area contributed by atoms with Crippen LogP contribution in [0.2, 0.25) is 5.15 Å². The van der Waals surface area contributed by atoms with E-state index in [1.807, 2.05) is 26.0 Å². The zero-order chi connectivity index (χ0) is 14.9. The summed E-state index contributed by atoms with van der Waals surface area (Å²) in [4.78, 5) is 3.90. The molecular formula is C13H14BrClN2O2S. The molecule has 7 heteroatoms. The van der Waals surface area contributed by atoms with E-state index in [0.29, 0.717) is 4.47 Å². The average Bonchev–Trinajstić information content (AvgIpc) is 2.36. The first-order chi connectivity index (χ1) is 9.29. The van der Waals surface area contributed by atoms with E-state index in [1.54, 1.807) is 12.1 Å². The van der Waals surface area contributed by atoms with Crippen LogP contribution in [0.3, 0.4) is 0 Å². The van der Waals surface area contributed by atoms with Gasteiger partial charge in [-0.25, -0.2) is 13.4 Å². The molecule has 108 valence electrons. The van der Waals surface area contributed by atoms with Crippen LogP contribution < -0.4 is 4.72 Å². The van der Waals surface area contributed by atoms with Gasteiger partial charge in [-0.05, 0) is 34.8 Å². The van der Waals surface area contributed by atoms with Gasteiger partial charge in [0, 0.05) is 10.7 Å². The van der Waals surface area contributed by atoms with Gasteiger partial charge in [0.2, 0.25) is 10.0 Å². The predicted octanol–water partition coefficient (Wildman–Crippen LogP) is 3.76. The Morgan fingerprint density at radius 2 is 2.15 bits per heavy atom. The summed E-state index contributed by atoms with van der Waals surface area (Å²) in [5.41, 5.74) is 1.20. The van der Waals surface area contributed by atoms with Gasteiger partial charge in [0.25, 0.3) is 0 Å². The van der Waals surface area contributed by atoms with Crippen LogP contribution in [0, 0.1) is 5.92 Å². The molecule has 0 spiro atoms. The van der Waals surface area contributed by atoms with Gasteiger partial charge in [-0.15, -0.1) is 0 Å². The number of sulfonamides is 1. The van der Waals surface area contributed by atoms with E-state index in [-0.39, 0.29) is 16.8 Å². The summed E-state index contributed by atoms with van der Waals surface area (Å²) < 4.78 is 28.1. The highest BCUT2D eigenvalue weighted by molar-refractivity contribution is 9.10. The summed E-state index contributed by atoms with van der Waals surface area (Å²) in [6.07, 6.45) is 7.06. The number of allylic oxidation sites excluding steroid dienone is 3. The fourth-order valence-corrected chi connectivity index (χ4v) is 4.15. The summed E-state index contributed by atoms with van der Waals surface area (Å²) in [6.45, 7) is 3.74. The lowest BCUT2D eigenvalue weighted by Gasteiger charge is -2.23. The number of pyridine rings is 1. The molecule has 1 N–H and O–H groups in total. The van der Waals surface area contributed by atoms with Crippen LogP contribution in [0.5, 0.6) is 0 Å². The average molecular weight is 378 g/mol. The number of hydrogen-bond donors (Lipinski definition) is 1. The van der Waals surface area contributed by atoms with E-state index in [0.717, 1.165) is 5.57 Å². The Morgan fingerprint density at radius 3 is 2.85 bits per heavy atom. The largest absolute Gasteiger partial charge is 0.280 e. The third-order valence-electron chi connectivity index (χ3n) is 3.02. The Balaban J connectivity index is 2.32. The van der Waals surface area contributed by atoms with Crippen molar-refractivity contribution < 1.29 is 8.42 Å². The predicted molar refractivity (Wildman–Crippen MR) is 85.3 cm³/mol. The fourth-order valence-electron chi connectivity index (χ4n) is 1.97. The van der Waals surface area contributed by atoms with Crippen molar-refractivity contribution >= 4 is 43.2 Å². The van der Waals surface area contributed by atoms with Crippen molar-refractivity contribution in [2.75, 3.05) is 4.72 Å². The Labute approximate surface area is 132 Å². The summed E-state index contributed by atoms with van der Waals surface area (Å²) >= 11 is 9.16. The van der Waals surface area contributed by atoms with Crippen LogP contribution in [0.15, 0.2) is 40.5 Å². The molecule has 0 amide bonds. The van der Waals surface area contributed by atoms with Crippen LogP contribution in [0.1, 0.15) is 13.8 Å². The second kappa shape index (κ2) is 5.87. The molecule has 1 heterocycles. The standard InChI is InChI=1S/C13H14BrClN2O2S/c1-8-3-4-9(2)12(5-8)20(18,19)17-11-6-10(14)7-16-13(11)15/h3-7,9,12,17H,1-2H3. The van der Waals surface area contributed by atoms with E-state index in [4.69, 9.17) is 11.6 Å². The van der Waals surface area contributed by atoms with Crippen LogP contribution in [-0.4, -0.2) is 18.7 Å². The third kappa shape index (κ3) is 3.42. The van der Waals surface area contributed by atoms with E-state index < -0.39 is 15.3 Å². The van der Waals surface area contributed by atoms with Crippen molar-refractivity contribution in [1.29, 1.82) is 0 Å². The Hall–Kier alpha value is -0.850. The normalized spacial score (nSPS) is 22.5. The van der Waals surface area contributed by atoms with Crippen molar-refractivity contribution in [3.63, 3.8) is 0 Å². The van der Waals surface area contributed by atoms with Crippen LogP contribution >= 0.6 is 27.5 Å². The summed E-state index contributed by atoms with van der Waals surface area (Å²) in [5.74, 6) is -0.102. The van der Waals surface area contributed by atoms with Gasteiger partial charge in [0.05, 0.1) is 5.69 Å². The van der Waals surface area contributed by atoms with Gasteiger partial charge in [0.15, 0.2) is 5.15 Å². The Morgan fingerprint density at radius 1 is 1.45 bits per heavy atom. The second-order valence-electron chi connectivity index (χ2n) is 4.73. The first-order valence-corrected chi connectivity index (χ1v) is 8.70. The van der Waals surface area contributed by atoms with Crippen molar-refractivity contribution in [2.24, 2.45) is 5.92 Å². The minimum atomic E-state index is -3.58. The van der Waals surface area contributed by atoms with Crippen molar-refractivity contribution in [3.05, 3.63) is 45.7 Å². The van der Waals surface area contributed by atoms with Crippen molar-refractivity contribution in [3.8, 4) is 0 Å². The number of hydrogen-bond acceptors (Lipinski definition) is 3. The molecule has 1 aromatic rings. The molecule has 0 fully saturated rings. The zero-order valence-electron chi connectivity index (χ0n) is 11.0. The lowest BCUT2D eigenvalue weighted by atomic mass is 9.99. The summed E-state index contributed by atoms with van der Waals surface area (Å²) in [7, 11) is -3.58. The molecule has 0 saturated heterocycles. The number of nitrogens with one attached hydrogen (secondary N) is 1. The molecule has 0 bridgehead atoms. The van der Waals surface area contributed by atoms with Gasteiger partial charge < -0.3 is 0 Å². The number of rotatable bonds is 3. The van der Waals surface area contributed by atoms with Crippen molar-refractivity contribution in [2.45, 2.75) is 19.1 Å². The van der Waals surface area contributed by atoms with E-state index in [2.05, 4.69) is 25.6 Å². The smallest absolute Gasteiger partial charge is 0.239 e. The lowest BCUT2D eigenvalue weighted by molar-refractivity contribution is 0.577. The molecule has 4 nitrogen and oxygen atoms in total. The lowest BCUT2D eigenvalue weighted by Crippen LogP contribution is -2.32. The second-order valence-corrected chi connectivity index (χ2v) is 7.84. The van der Waals surface area contributed by atoms with Gasteiger partial charge in [-0.2, -0.15) is 0 Å². The summed E-state index contributed by atoms with van der Waals surface area (Å²) in [5, 5.41) is -0.501. The van der Waals surface area contributed by atoms with E-state index in [1.165, 1.54) is 6.20 Å². The molecule has 2 unspecified atom stereocenters. The van der Waals surface area contributed by atoms with Gasteiger partial charge in [-0.3, -0.25) is 4.72 Å². The number of anilines is 1. The van der Waals surface area contributed by atoms with E-state index in [9.17, 15) is 8.42 Å². The maximum atomic E-state index is 12.5. The number of nitrogens with zero attached hydrogens (tertiary/aromatic N) is 1. The zero-order valence-corrected chi connectivity index (χ0v) is 14.1. The van der Waals surface area contributed by atoms with Crippen LogP contribution in [0.4, 0.5) is 5.69 Å². The molecule has 0 aromatic carbocycles. The minimum absolute atomic E-state index is 0.102. The number of aromatic nitrogens is 1. The minimum Gasteiger partial charge on any atom is -0.280 e. The molecule has 2 rings (SSSR count). The first-order valence-electron chi connectivity index (χ1n) is 5.99. The van der Waals surface area contributed by atoms with Crippen LogP contribution in [0.25, 0.3) is 0 Å². The highest BCUT2D eigenvalue weighted by Gasteiger charge is 2.30. The molecule has 0 saturated carbocycles. The van der Waals surface area contributed by atoms with Gasteiger partial charge >= 0.3 is 0 Å². The highest BCUT2D eigenvalue weighted by Crippen LogP contribution is 2.28. The Kier molecular flexibility index (Phi) is 4.56. The molecule has 20 heavy (non-hydrogen) atoms. The van der Waals surface area contributed by atoms with E-state index >= 15 is 0 Å². The third-order valence-corrected chi connectivity index (χ3v) is 5.55. The quantitative estimate of drug-likeness (QED) is 0.816. The molecule has 2 atom stereocenters. The molecule has 1 aromatic heterocycles. The SMILES string of the molecule is CC1=CC(S(=O)(=O)Nc2cc(Br)cnc2Cl)C(C)C=C1. The summed E-state index contributed by atoms with van der Waals surface area (Å²) in [6, 6.07) is 1.59. The highest BCUT2D eigenvalue weighted by atomic mass is 79.9. The molecule has 0 radical (unpaired) electrons. The monoisotopic (exact) mass is 376 g/mol. The van der Waals surface area contributed by atoms with Gasteiger partial charge in [-0.1, -0.05) is 42.3 Å². The maximum absolute atomic E-state index is 12.5.